The second-order valence-electron chi connectivity index (χ2n) is 6.34. The second kappa shape index (κ2) is 9.73. The zero-order valence-electron chi connectivity index (χ0n) is 15.2. The molecular weight excluding hydrogens is 328 g/mol. The Morgan fingerprint density at radius 3 is 1.96 bits per heavy atom. The van der Waals surface area contributed by atoms with Gasteiger partial charge in [0.1, 0.15) is 6.04 Å². The van der Waals surface area contributed by atoms with Crippen LogP contribution in [0.2, 0.25) is 0 Å². The van der Waals surface area contributed by atoms with Crippen LogP contribution in [-0.4, -0.2) is 24.5 Å². The van der Waals surface area contributed by atoms with Crippen molar-refractivity contribution in [1.29, 1.82) is 0 Å². The quantitative estimate of drug-likeness (QED) is 0.714. The minimum atomic E-state index is -0.716. The molecule has 1 unspecified atom stereocenters. The van der Waals surface area contributed by atoms with Crippen molar-refractivity contribution in [3.8, 4) is 0 Å². The van der Waals surface area contributed by atoms with Crippen molar-refractivity contribution in [2.75, 3.05) is 6.61 Å². The van der Waals surface area contributed by atoms with E-state index in [1.54, 1.807) is 0 Å². The number of nitrogens with one attached hydrogen (secondary N) is 1. The minimum Gasteiger partial charge on any atom is -0.454 e. The third-order valence-electron chi connectivity index (χ3n) is 4.45. The first-order chi connectivity index (χ1) is 12.5. The van der Waals surface area contributed by atoms with Crippen LogP contribution in [0.25, 0.3) is 0 Å². The summed E-state index contributed by atoms with van der Waals surface area (Å²) < 4.78 is 5.09. The van der Waals surface area contributed by atoms with Crippen molar-refractivity contribution in [2.45, 2.75) is 32.4 Å². The Balaban J connectivity index is 2.02. The van der Waals surface area contributed by atoms with Crippen molar-refractivity contribution >= 4 is 11.9 Å². The lowest BCUT2D eigenvalue weighted by atomic mass is 9.99. The lowest BCUT2D eigenvalue weighted by Gasteiger charge is -2.21. The number of rotatable bonds is 8. The van der Waals surface area contributed by atoms with Gasteiger partial charge in [-0.25, -0.2) is 0 Å². The number of amides is 1. The molecule has 26 heavy (non-hydrogen) atoms. The van der Waals surface area contributed by atoms with Crippen LogP contribution in [-0.2, 0) is 14.3 Å². The summed E-state index contributed by atoms with van der Waals surface area (Å²) in [6.45, 7) is 3.49. The molecule has 2 aromatic carbocycles. The molecule has 0 aliphatic heterocycles. The second-order valence-corrected chi connectivity index (χ2v) is 6.34. The molecule has 0 heterocycles. The Morgan fingerprint density at radius 1 is 1.00 bits per heavy atom. The van der Waals surface area contributed by atoms with Gasteiger partial charge in [0.15, 0.2) is 6.61 Å². The monoisotopic (exact) mass is 354 g/mol. The molecule has 5 heteroatoms. The fourth-order valence-electron chi connectivity index (χ4n) is 2.57. The van der Waals surface area contributed by atoms with Crippen molar-refractivity contribution in [3.63, 3.8) is 0 Å². The number of esters is 1. The summed E-state index contributed by atoms with van der Waals surface area (Å²) in [6.07, 6.45) is 0.770. The molecule has 2 aromatic rings. The number of nitrogens with two attached hydrogens (primary N) is 1. The number of benzene rings is 2. The fourth-order valence-corrected chi connectivity index (χ4v) is 2.57. The molecule has 0 fully saturated rings. The van der Waals surface area contributed by atoms with Gasteiger partial charge in [-0.3, -0.25) is 9.59 Å². The first-order valence-corrected chi connectivity index (χ1v) is 8.84. The van der Waals surface area contributed by atoms with Crippen LogP contribution < -0.4 is 11.1 Å². The van der Waals surface area contributed by atoms with E-state index in [-0.39, 0.29) is 24.5 Å². The molecule has 1 amide bonds. The number of hydrogen-bond acceptors (Lipinski definition) is 4. The summed E-state index contributed by atoms with van der Waals surface area (Å²) in [4.78, 5) is 24.3. The lowest BCUT2D eigenvalue weighted by molar-refractivity contribution is -0.151. The Kier molecular flexibility index (Phi) is 7.36. The average Bonchev–Trinajstić information content (AvgIpc) is 2.70. The molecule has 0 aliphatic rings. The van der Waals surface area contributed by atoms with E-state index in [2.05, 4.69) is 5.32 Å². The molecule has 0 spiro atoms. The molecule has 5 nitrogen and oxygen atoms in total. The molecule has 0 saturated carbocycles. The van der Waals surface area contributed by atoms with Gasteiger partial charge in [0, 0.05) is 0 Å². The van der Waals surface area contributed by atoms with Crippen molar-refractivity contribution in [1.82, 2.24) is 5.32 Å². The van der Waals surface area contributed by atoms with Gasteiger partial charge in [0.2, 0.25) is 0 Å². The van der Waals surface area contributed by atoms with E-state index >= 15 is 0 Å². The molecule has 138 valence electrons. The SMILES string of the molecule is CCC(C)[C@H](N)C(=O)OCC(=O)NC(c1ccccc1)c1ccccc1. The molecule has 0 aromatic heterocycles. The number of carbonyl (C=O) groups is 2. The zero-order valence-corrected chi connectivity index (χ0v) is 15.2. The third-order valence-corrected chi connectivity index (χ3v) is 4.45. The Morgan fingerprint density at radius 2 is 1.50 bits per heavy atom. The maximum Gasteiger partial charge on any atom is 0.323 e. The number of ether oxygens (including phenoxy) is 1. The molecule has 3 N–H and O–H groups in total. The van der Waals surface area contributed by atoms with Crippen LogP contribution in [0, 0.1) is 5.92 Å². The predicted octanol–water partition coefficient (Wildman–Crippen LogP) is 2.81. The van der Waals surface area contributed by atoms with E-state index < -0.39 is 12.0 Å². The topological polar surface area (TPSA) is 81.4 Å². The average molecular weight is 354 g/mol. The molecule has 0 aliphatic carbocycles. The van der Waals surface area contributed by atoms with E-state index in [0.717, 1.165) is 17.5 Å². The highest BCUT2D eigenvalue weighted by atomic mass is 16.5. The summed E-state index contributed by atoms with van der Waals surface area (Å²) in [6, 6.07) is 18.3. The molecule has 2 rings (SSSR count). The van der Waals surface area contributed by atoms with Gasteiger partial charge >= 0.3 is 5.97 Å². The number of carbonyl (C=O) groups excluding carboxylic acids is 2. The molecule has 2 atom stereocenters. The van der Waals surface area contributed by atoms with Crippen LogP contribution in [0.4, 0.5) is 0 Å². The van der Waals surface area contributed by atoms with Crippen LogP contribution in [0.3, 0.4) is 0 Å². The van der Waals surface area contributed by atoms with Crippen molar-refractivity contribution in [3.05, 3.63) is 71.8 Å². The van der Waals surface area contributed by atoms with Gasteiger partial charge < -0.3 is 15.8 Å². The van der Waals surface area contributed by atoms with Gasteiger partial charge in [-0.15, -0.1) is 0 Å². The molecule has 0 saturated heterocycles. The molecule has 0 radical (unpaired) electrons. The van der Waals surface area contributed by atoms with Crippen molar-refractivity contribution in [2.24, 2.45) is 11.7 Å². The van der Waals surface area contributed by atoms with E-state index in [1.165, 1.54) is 0 Å². The molecular formula is C21H26N2O3. The van der Waals surface area contributed by atoms with Crippen LogP contribution in [0.15, 0.2) is 60.7 Å². The summed E-state index contributed by atoms with van der Waals surface area (Å²) in [5.74, 6) is -0.912. The standard InChI is InChI=1S/C21H26N2O3/c1-3-15(2)19(22)21(25)26-14-18(24)23-20(16-10-6-4-7-11-16)17-12-8-5-9-13-17/h4-13,15,19-20H,3,14,22H2,1-2H3,(H,23,24)/t15?,19-/m0/s1. The van der Waals surface area contributed by atoms with E-state index in [4.69, 9.17) is 10.5 Å². The highest BCUT2D eigenvalue weighted by Gasteiger charge is 2.23. The summed E-state index contributed by atoms with van der Waals surface area (Å²) in [5.41, 5.74) is 7.74. The summed E-state index contributed by atoms with van der Waals surface area (Å²) >= 11 is 0. The van der Waals surface area contributed by atoms with E-state index in [0.29, 0.717) is 0 Å². The normalized spacial score (nSPS) is 13.1. The van der Waals surface area contributed by atoms with Crippen LogP contribution in [0.5, 0.6) is 0 Å². The Hall–Kier alpha value is -2.66. The van der Waals surface area contributed by atoms with E-state index in [1.807, 2.05) is 74.5 Å². The van der Waals surface area contributed by atoms with E-state index in [9.17, 15) is 9.59 Å². The van der Waals surface area contributed by atoms with Gasteiger partial charge in [0.05, 0.1) is 6.04 Å². The Bertz CT molecular complexity index is 664. The lowest BCUT2D eigenvalue weighted by Crippen LogP contribution is -2.40. The first kappa shape index (κ1) is 19.7. The largest absolute Gasteiger partial charge is 0.454 e. The smallest absolute Gasteiger partial charge is 0.323 e. The van der Waals surface area contributed by atoms with Gasteiger partial charge in [-0.1, -0.05) is 80.9 Å². The van der Waals surface area contributed by atoms with Gasteiger partial charge in [-0.2, -0.15) is 0 Å². The minimum absolute atomic E-state index is 0.00643. The maximum absolute atomic E-state index is 12.3. The Labute approximate surface area is 154 Å². The van der Waals surface area contributed by atoms with Gasteiger partial charge in [-0.05, 0) is 17.0 Å². The summed E-state index contributed by atoms with van der Waals surface area (Å²) in [5, 5.41) is 2.93. The fraction of sp³-hybridized carbons (Fsp3) is 0.333. The highest BCUT2D eigenvalue weighted by molar-refractivity contribution is 5.83. The van der Waals surface area contributed by atoms with Gasteiger partial charge in [0.25, 0.3) is 5.91 Å². The highest BCUT2D eigenvalue weighted by Crippen LogP contribution is 2.21. The number of hydrogen-bond donors (Lipinski definition) is 2. The predicted molar refractivity (Wildman–Crippen MR) is 101 cm³/mol. The molecule has 0 bridgehead atoms. The maximum atomic E-state index is 12.3. The zero-order chi connectivity index (χ0) is 18.9. The van der Waals surface area contributed by atoms with Crippen molar-refractivity contribution < 1.29 is 14.3 Å². The first-order valence-electron chi connectivity index (χ1n) is 8.84. The summed E-state index contributed by atoms with van der Waals surface area (Å²) in [7, 11) is 0. The van der Waals surface area contributed by atoms with Crippen LogP contribution >= 0.6 is 0 Å². The van der Waals surface area contributed by atoms with Crippen LogP contribution in [0.1, 0.15) is 37.4 Å². The third kappa shape index (κ3) is 5.43.